The van der Waals surface area contributed by atoms with E-state index in [4.69, 9.17) is 0 Å². The van der Waals surface area contributed by atoms with Crippen molar-refractivity contribution in [1.82, 2.24) is 0 Å². The molecule has 0 aliphatic rings. The van der Waals surface area contributed by atoms with Crippen molar-refractivity contribution in [2.24, 2.45) is 0 Å². The average molecular weight is 370 g/mol. The van der Waals surface area contributed by atoms with E-state index in [1.54, 1.807) is 0 Å². The molecule has 0 bridgehead atoms. The van der Waals surface area contributed by atoms with E-state index in [0.29, 0.717) is 0 Å². The zero-order valence-corrected chi connectivity index (χ0v) is 8.94. The van der Waals surface area contributed by atoms with Crippen molar-refractivity contribution < 1.29 is 33.4 Å². The molecule has 1 rings (SSSR count). The van der Waals surface area contributed by atoms with E-state index >= 15 is 0 Å². The van der Waals surface area contributed by atoms with Gasteiger partial charge in [-0.25, -0.2) is 0 Å². The van der Waals surface area contributed by atoms with Crippen LogP contribution in [0.1, 0.15) is 0 Å². The predicted octanol–water partition coefficient (Wildman–Crippen LogP) is 4.67. The van der Waals surface area contributed by atoms with Crippen molar-refractivity contribution in [2.75, 3.05) is 0 Å². The fourth-order valence-corrected chi connectivity index (χ4v) is 2.73. The van der Waals surface area contributed by atoms with Gasteiger partial charge < -0.3 is 0 Å². The Balaban J connectivity index is 3.80. The van der Waals surface area contributed by atoms with Crippen LogP contribution in [-0.2, 0) is 0 Å². The Hall–Kier alpha value is -0.680. The van der Waals surface area contributed by atoms with Gasteiger partial charge in [0.05, 0.1) is 0 Å². The maximum absolute atomic E-state index is 12.5. The minimum absolute atomic E-state index is 2.77. The molecule has 16 heavy (non-hydrogen) atoms. The van der Waals surface area contributed by atoms with E-state index in [1.165, 1.54) is 0 Å². The van der Waals surface area contributed by atoms with Crippen LogP contribution in [-0.4, -0.2) is 0 Å². The number of rotatable bonds is 1. The summed E-state index contributed by atoms with van der Waals surface area (Å²) in [7, 11) is 0. The van der Waals surface area contributed by atoms with E-state index in [2.05, 4.69) is 0 Å². The molecule has 0 nitrogen and oxygen atoms in total. The maximum atomic E-state index is 12.5. The second kappa shape index (κ2) is 3.40. The molecule has 94 valence electrons. The van der Waals surface area contributed by atoms with E-state index in [0.717, 1.165) is 0 Å². The van der Waals surface area contributed by atoms with Crippen molar-refractivity contribution in [1.29, 1.82) is 0 Å². The van der Waals surface area contributed by atoms with Crippen LogP contribution in [0.25, 0.3) is 0 Å². The van der Waals surface area contributed by atoms with Gasteiger partial charge in [-0.3, -0.25) is 0 Å². The predicted molar refractivity (Wildman–Crippen MR) is 43.4 cm³/mol. The number of benzene rings is 1. The summed E-state index contributed by atoms with van der Waals surface area (Å²) in [4.78, 5) is 0. The summed E-state index contributed by atoms with van der Waals surface area (Å²) in [6.45, 7) is 0. The third-order valence-corrected chi connectivity index (χ3v) is 4.02. The number of hydrogen-bond acceptors (Lipinski definition) is 0. The summed E-state index contributed by atoms with van der Waals surface area (Å²) in [6.07, 6.45) is 0. The molecule has 0 fully saturated rings. The molecular weight excluding hydrogens is 370 g/mol. The quantitative estimate of drug-likeness (QED) is 0.292. The fraction of sp³-hybridized carbons (Fsp3) is 0. The van der Waals surface area contributed by atoms with E-state index < -0.39 is 52.0 Å². The van der Waals surface area contributed by atoms with E-state index in [1.807, 2.05) is 0 Å². The molecule has 0 saturated carbocycles. The molecule has 0 radical (unpaired) electrons. The standard InChI is InChI=1S/C6F9I/c7-1-2(8)4(10)6(5(11)3(1)9)16(12,13,14)15. The Kier molecular flexibility index (Phi) is 2.85. The van der Waals surface area contributed by atoms with Gasteiger partial charge in [-0.2, -0.15) is 0 Å². The first-order chi connectivity index (χ1) is 6.93. The average Bonchev–Trinajstić information content (AvgIpc) is 2.08. The first-order valence-corrected chi connectivity index (χ1v) is 7.55. The third kappa shape index (κ3) is 2.06. The van der Waals surface area contributed by atoms with Gasteiger partial charge in [0.15, 0.2) is 0 Å². The molecule has 0 atom stereocenters. The van der Waals surface area contributed by atoms with Gasteiger partial charge >= 0.3 is 85.4 Å². The van der Waals surface area contributed by atoms with E-state index in [-0.39, 0.29) is 0 Å². The van der Waals surface area contributed by atoms with Crippen LogP contribution in [0, 0.1) is 32.7 Å². The summed E-state index contributed by atoms with van der Waals surface area (Å²) in [5.74, 6) is -14.8. The summed E-state index contributed by atoms with van der Waals surface area (Å²) in [6, 6.07) is 0. The molecule has 0 spiro atoms. The summed E-state index contributed by atoms with van der Waals surface area (Å²) >= 11 is -9.71. The Morgan fingerprint density at radius 3 is 1.00 bits per heavy atom. The summed E-state index contributed by atoms with van der Waals surface area (Å²) in [5, 5.41) is 0. The van der Waals surface area contributed by atoms with Crippen LogP contribution in [0.4, 0.5) is 33.4 Å². The Bertz CT molecular complexity index is 421. The molecule has 10 heteroatoms. The molecule has 0 amide bonds. The monoisotopic (exact) mass is 370 g/mol. The van der Waals surface area contributed by atoms with Crippen molar-refractivity contribution in [3.8, 4) is 0 Å². The van der Waals surface area contributed by atoms with Crippen LogP contribution in [0.3, 0.4) is 0 Å². The SMILES string of the molecule is Fc1c(F)c(F)c(I(F)(F)(F)F)c(F)c1F. The zero-order chi connectivity index (χ0) is 12.9. The van der Waals surface area contributed by atoms with Crippen LogP contribution < -0.4 is 0 Å². The first-order valence-electron chi connectivity index (χ1n) is 3.21. The fourth-order valence-electron chi connectivity index (χ4n) is 0.829. The molecule has 0 aliphatic heterocycles. The van der Waals surface area contributed by atoms with Gasteiger partial charge in [0, 0.05) is 0 Å². The van der Waals surface area contributed by atoms with Crippen molar-refractivity contribution in [3.05, 3.63) is 32.7 Å². The van der Waals surface area contributed by atoms with Gasteiger partial charge in [0.2, 0.25) is 0 Å². The van der Waals surface area contributed by atoms with Crippen LogP contribution in [0.5, 0.6) is 0 Å². The normalized spacial score (nSPS) is 14.7. The van der Waals surface area contributed by atoms with Crippen molar-refractivity contribution >= 4 is 19.3 Å². The van der Waals surface area contributed by atoms with Crippen LogP contribution in [0.2, 0.25) is 0 Å². The molecule has 0 aromatic heterocycles. The molecule has 0 N–H and O–H groups in total. The molecule has 0 saturated heterocycles. The molecular formula is C6F9I. The second-order valence-electron chi connectivity index (χ2n) is 2.49. The topological polar surface area (TPSA) is 0 Å². The second-order valence-corrected chi connectivity index (χ2v) is 7.05. The molecule has 1 aromatic rings. The summed E-state index contributed by atoms with van der Waals surface area (Å²) in [5.41, 5.74) is 0. The van der Waals surface area contributed by atoms with Gasteiger partial charge in [-0.05, 0) is 0 Å². The van der Waals surface area contributed by atoms with Crippen LogP contribution in [0.15, 0.2) is 0 Å². The van der Waals surface area contributed by atoms with Crippen molar-refractivity contribution in [3.63, 3.8) is 0 Å². The summed E-state index contributed by atoms with van der Waals surface area (Å²) < 4.78 is 107. The van der Waals surface area contributed by atoms with E-state index in [9.17, 15) is 33.4 Å². The molecule has 0 heterocycles. The van der Waals surface area contributed by atoms with Crippen LogP contribution >= 0.6 is 19.3 Å². The third-order valence-electron chi connectivity index (χ3n) is 1.44. The number of halogens is 10. The molecule has 0 aliphatic carbocycles. The van der Waals surface area contributed by atoms with Crippen molar-refractivity contribution in [2.45, 2.75) is 0 Å². The molecule has 1 aromatic carbocycles. The Morgan fingerprint density at radius 1 is 0.500 bits per heavy atom. The molecule has 0 unspecified atom stereocenters. The van der Waals surface area contributed by atoms with Gasteiger partial charge in [-0.15, -0.1) is 0 Å². The van der Waals surface area contributed by atoms with Gasteiger partial charge in [0.25, 0.3) is 0 Å². The number of hydrogen-bond donors (Lipinski definition) is 0. The Labute approximate surface area is 85.8 Å². The van der Waals surface area contributed by atoms with Gasteiger partial charge in [-0.1, -0.05) is 0 Å². The first kappa shape index (κ1) is 13.4. The Morgan fingerprint density at radius 2 is 0.750 bits per heavy atom. The zero-order valence-electron chi connectivity index (χ0n) is 6.78. The minimum atomic E-state index is -9.71. The van der Waals surface area contributed by atoms with Gasteiger partial charge in [0.1, 0.15) is 0 Å².